The highest BCUT2D eigenvalue weighted by molar-refractivity contribution is 7.89. The van der Waals surface area contributed by atoms with Gasteiger partial charge in [0.05, 0.1) is 9.82 Å². The summed E-state index contributed by atoms with van der Waals surface area (Å²) >= 11 is 0. The monoisotopic (exact) mass is 313 g/mol. The predicted molar refractivity (Wildman–Crippen MR) is 78.4 cm³/mol. The smallest absolute Gasteiger partial charge is 0.269 e. The van der Waals surface area contributed by atoms with E-state index in [0.717, 1.165) is 25.7 Å². The molecule has 0 aromatic heterocycles. The molecule has 0 saturated heterocycles. The van der Waals surface area contributed by atoms with Crippen LogP contribution in [0.2, 0.25) is 0 Å². The molecule has 0 bridgehead atoms. The molecule has 1 aromatic carbocycles. The van der Waals surface area contributed by atoms with E-state index in [-0.39, 0.29) is 17.1 Å². The van der Waals surface area contributed by atoms with Crippen molar-refractivity contribution in [3.8, 4) is 0 Å². The average molecular weight is 313 g/mol. The van der Waals surface area contributed by atoms with E-state index in [9.17, 15) is 18.5 Å². The van der Waals surface area contributed by atoms with Gasteiger partial charge >= 0.3 is 0 Å². The zero-order valence-corrected chi connectivity index (χ0v) is 12.6. The fourth-order valence-corrected chi connectivity index (χ4v) is 4.49. The quantitative estimate of drug-likeness (QED) is 0.630. The number of sulfonamides is 1. The van der Waals surface area contributed by atoms with Crippen LogP contribution in [-0.4, -0.2) is 25.4 Å². The molecule has 1 saturated carbocycles. The van der Waals surface area contributed by atoms with E-state index in [1.54, 1.807) is 6.92 Å². The second kappa shape index (κ2) is 5.70. The molecule has 116 valence electrons. The van der Waals surface area contributed by atoms with Gasteiger partial charge in [0.15, 0.2) is 0 Å². The maximum atomic E-state index is 12.5. The van der Waals surface area contributed by atoms with Crippen molar-refractivity contribution in [2.45, 2.75) is 43.0 Å². The van der Waals surface area contributed by atoms with Crippen molar-refractivity contribution in [1.82, 2.24) is 4.72 Å². The maximum absolute atomic E-state index is 12.5. The first-order valence-corrected chi connectivity index (χ1v) is 8.27. The van der Waals surface area contributed by atoms with Crippen LogP contribution in [0, 0.1) is 17.0 Å². The van der Waals surface area contributed by atoms with Crippen molar-refractivity contribution in [3.63, 3.8) is 0 Å². The van der Waals surface area contributed by atoms with Gasteiger partial charge < -0.3 is 5.73 Å². The van der Waals surface area contributed by atoms with Crippen LogP contribution in [0.25, 0.3) is 0 Å². The Hall–Kier alpha value is -1.51. The molecule has 0 spiro atoms. The third kappa shape index (κ3) is 3.22. The fraction of sp³-hybridized carbons (Fsp3) is 0.538. The number of nitrogens with zero attached hydrogens (tertiary/aromatic N) is 1. The minimum Gasteiger partial charge on any atom is -0.329 e. The fourth-order valence-electron chi connectivity index (χ4n) is 2.79. The third-order valence-corrected chi connectivity index (χ3v) is 5.70. The molecule has 1 fully saturated rings. The van der Waals surface area contributed by atoms with E-state index in [0.29, 0.717) is 5.56 Å². The second-order valence-electron chi connectivity index (χ2n) is 5.50. The van der Waals surface area contributed by atoms with Crippen LogP contribution in [0.4, 0.5) is 5.69 Å². The average Bonchev–Trinajstić information content (AvgIpc) is 2.86. The van der Waals surface area contributed by atoms with Crippen molar-refractivity contribution < 1.29 is 13.3 Å². The first-order valence-electron chi connectivity index (χ1n) is 6.79. The number of aryl methyl sites for hydroxylation is 1. The molecule has 1 aromatic rings. The van der Waals surface area contributed by atoms with Crippen molar-refractivity contribution in [3.05, 3.63) is 33.9 Å². The number of non-ortho nitro benzene ring substituents is 1. The summed E-state index contributed by atoms with van der Waals surface area (Å²) in [6.45, 7) is 1.80. The molecule has 7 nitrogen and oxygen atoms in total. The van der Waals surface area contributed by atoms with Gasteiger partial charge in [-0.15, -0.1) is 0 Å². The van der Waals surface area contributed by atoms with Gasteiger partial charge in [0.25, 0.3) is 5.69 Å². The van der Waals surface area contributed by atoms with E-state index >= 15 is 0 Å². The second-order valence-corrected chi connectivity index (χ2v) is 7.15. The molecule has 0 radical (unpaired) electrons. The first kappa shape index (κ1) is 15.9. The minimum absolute atomic E-state index is 0.0628. The lowest BCUT2D eigenvalue weighted by molar-refractivity contribution is -0.385. The SMILES string of the molecule is Cc1cc([N+](=O)[O-])ccc1S(=O)(=O)NC1(CN)CCCC1. The number of nitrogens with two attached hydrogens (primary N) is 1. The van der Waals surface area contributed by atoms with Crippen LogP contribution in [-0.2, 0) is 10.0 Å². The van der Waals surface area contributed by atoms with Gasteiger partial charge in [-0.3, -0.25) is 10.1 Å². The van der Waals surface area contributed by atoms with E-state index in [4.69, 9.17) is 5.73 Å². The molecule has 1 aliphatic carbocycles. The number of nitrogens with one attached hydrogen (secondary N) is 1. The highest BCUT2D eigenvalue weighted by Gasteiger charge is 2.37. The van der Waals surface area contributed by atoms with Gasteiger partial charge in [0, 0.05) is 24.2 Å². The largest absolute Gasteiger partial charge is 0.329 e. The van der Waals surface area contributed by atoms with Crippen LogP contribution >= 0.6 is 0 Å². The standard InChI is InChI=1S/C13H19N3O4S/c1-10-8-11(16(17)18)4-5-12(10)21(19,20)15-13(9-14)6-2-3-7-13/h4-5,8,15H,2-3,6-7,9,14H2,1H3. The molecule has 8 heteroatoms. The van der Waals surface area contributed by atoms with Crippen LogP contribution in [0.3, 0.4) is 0 Å². The topological polar surface area (TPSA) is 115 Å². The summed E-state index contributed by atoms with van der Waals surface area (Å²) in [5.74, 6) is 0. The lowest BCUT2D eigenvalue weighted by atomic mass is 10.0. The van der Waals surface area contributed by atoms with Gasteiger partial charge in [-0.1, -0.05) is 12.8 Å². The molecule has 2 rings (SSSR count). The highest BCUT2D eigenvalue weighted by atomic mass is 32.2. The Kier molecular flexibility index (Phi) is 4.31. The third-order valence-electron chi connectivity index (χ3n) is 3.96. The minimum atomic E-state index is -3.74. The molecule has 1 aliphatic rings. The summed E-state index contributed by atoms with van der Waals surface area (Å²) in [6, 6.07) is 3.73. The van der Waals surface area contributed by atoms with Crippen LogP contribution < -0.4 is 10.5 Å². The predicted octanol–water partition coefficient (Wildman–Crippen LogP) is 1.45. The number of hydrogen-bond donors (Lipinski definition) is 2. The molecule has 0 atom stereocenters. The number of hydrogen-bond acceptors (Lipinski definition) is 5. The summed E-state index contributed by atoms with van der Waals surface area (Å²) in [4.78, 5) is 10.2. The van der Waals surface area contributed by atoms with E-state index < -0.39 is 20.5 Å². The van der Waals surface area contributed by atoms with Crippen molar-refractivity contribution in [2.75, 3.05) is 6.54 Å². The van der Waals surface area contributed by atoms with Gasteiger partial charge in [0.2, 0.25) is 10.0 Å². The molecule has 21 heavy (non-hydrogen) atoms. The summed E-state index contributed by atoms with van der Waals surface area (Å²) in [5.41, 5.74) is 5.37. The lowest BCUT2D eigenvalue weighted by Crippen LogP contribution is -2.51. The maximum Gasteiger partial charge on any atom is 0.269 e. The Morgan fingerprint density at radius 1 is 1.38 bits per heavy atom. The Bertz CT molecular complexity index is 651. The normalized spacial score (nSPS) is 17.8. The number of rotatable bonds is 5. The summed E-state index contributed by atoms with van der Waals surface area (Å²) in [5, 5.41) is 10.7. The summed E-state index contributed by atoms with van der Waals surface area (Å²) in [7, 11) is -3.74. The highest BCUT2D eigenvalue weighted by Crippen LogP contribution is 2.31. The van der Waals surface area contributed by atoms with Crippen molar-refractivity contribution in [1.29, 1.82) is 0 Å². The summed E-state index contributed by atoms with van der Waals surface area (Å²) in [6.07, 6.45) is 3.32. The number of benzene rings is 1. The zero-order valence-electron chi connectivity index (χ0n) is 11.8. The van der Waals surface area contributed by atoms with Crippen molar-refractivity contribution in [2.24, 2.45) is 5.73 Å². The first-order chi connectivity index (χ1) is 9.80. The van der Waals surface area contributed by atoms with E-state index in [2.05, 4.69) is 4.72 Å². The van der Waals surface area contributed by atoms with Gasteiger partial charge in [-0.05, 0) is 31.4 Å². The molecule has 0 amide bonds. The van der Waals surface area contributed by atoms with Gasteiger partial charge in [-0.25, -0.2) is 13.1 Å². The Morgan fingerprint density at radius 3 is 2.48 bits per heavy atom. The van der Waals surface area contributed by atoms with Gasteiger partial charge in [-0.2, -0.15) is 0 Å². The Balaban J connectivity index is 2.33. The number of nitro groups is 1. The Labute approximate surface area is 123 Å². The van der Waals surface area contributed by atoms with Crippen LogP contribution in [0.5, 0.6) is 0 Å². The molecular formula is C13H19N3O4S. The number of nitro benzene ring substituents is 1. The molecular weight excluding hydrogens is 294 g/mol. The molecule has 3 N–H and O–H groups in total. The Morgan fingerprint density at radius 2 is 2.00 bits per heavy atom. The molecule has 0 unspecified atom stereocenters. The van der Waals surface area contributed by atoms with Gasteiger partial charge in [0.1, 0.15) is 0 Å². The van der Waals surface area contributed by atoms with Crippen LogP contribution in [0.1, 0.15) is 31.2 Å². The summed E-state index contributed by atoms with van der Waals surface area (Å²) < 4.78 is 27.7. The van der Waals surface area contributed by atoms with Crippen molar-refractivity contribution >= 4 is 15.7 Å². The zero-order chi connectivity index (χ0) is 15.7. The molecule has 0 heterocycles. The van der Waals surface area contributed by atoms with E-state index in [1.807, 2.05) is 0 Å². The lowest BCUT2D eigenvalue weighted by Gasteiger charge is -2.28. The van der Waals surface area contributed by atoms with Crippen LogP contribution in [0.15, 0.2) is 23.1 Å². The molecule has 0 aliphatic heterocycles. The van der Waals surface area contributed by atoms with E-state index in [1.165, 1.54) is 18.2 Å².